The molecule has 12 heteroatoms. The van der Waals surface area contributed by atoms with Gasteiger partial charge in [0.2, 0.25) is 11.8 Å². The van der Waals surface area contributed by atoms with E-state index in [4.69, 9.17) is 5.26 Å². The molecule has 0 saturated carbocycles. The van der Waals surface area contributed by atoms with Crippen LogP contribution in [0.15, 0.2) is 60.7 Å². The fraction of sp³-hybridized carbons (Fsp3) is 0.450. The van der Waals surface area contributed by atoms with Gasteiger partial charge in [-0.25, -0.2) is 0 Å². The first-order chi connectivity index (χ1) is 25.1. The molecule has 0 spiro atoms. The van der Waals surface area contributed by atoms with Gasteiger partial charge in [0.1, 0.15) is 6.04 Å². The fourth-order valence-corrected chi connectivity index (χ4v) is 8.14. The summed E-state index contributed by atoms with van der Waals surface area (Å²) in [7, 11) is 0. The van der Waals surface area contributed by atoms with Crippen LogP contribution in [0.2, 0.25) is 0 Å². The molecule has 1 atom stereocenters. The number of hydrogen-bond acceptors (Lipinski definition) is 7. The van der Waals surface area contributed by atoms with Crippen molar-refractivity contribution in [3.05, 3.63) is 94.0 Å². The van der Waals surface area contributed by atoms with Gasteiger partial charge in [-0.15, -0.1) is 0 Å². The highest BCUT2D eigenvalue weighted by Crippen LogP contribution is 2.37. The van der Waals surface area contributed by atoms with E-state index in [1.54, 1.807) is 17.0 Å². The second-order valence-electron chi connectivity index (χ2n) is 14.4. The molecule has 272 valence electrons. The first-order valence-electron chi connectivity index (χ1n) is 18.3. The van der Waals surface area contributed by atoms with Gasteiger partial charge in [-0.3, -0.25) is 24.6 Å². The van der Waals surface area contributed by atoms with E-state index in [0.29, 0.717) is 43.2 Å². The Labute approximate surface area is 302 Å². The molecule has 0 aromatic heterocycles. The lowest BCUT2D eigenvalue weighted by atomic mass is 9.88. The molecular weight excluding hydrogens is 669 g/mol. The molecule has 0 radical (unpaired) electrons. The molecular formula is C40H43F3N6O3. The molecule has 4 aliphatic heterocycles. The van der Waals surface area contributed by atoms with Crippen molar-refractivity contribution in [2.75, 3.05) is 55.6 Å². The smallest absolute Gasteiger partial charge is 0.371 e. The van der Waals surface area contributed by atoms with Crippen LogP contribution in [0.25, 0.3) is 0 Å². The van der Waals surface area contributed by atoms with Crippen LogP contribution in [0.1, 0.15) is 82.6 Å². The number of carbonyl (C=O) groups is 3. The van der Waals surface area contributed by atoms with E-state index in [0.717, 1.165) is 82.1 Å². The summed E-state index contributed by atoms with van der Waals surface area (Å²) in [5.74, 6) is -0.455. The van der Waals surface area contributed by atoms with Crippen LogP contribution < -0.4 is 15.1 Å². The molecule has 4 aliphatic rings. The summed E-state index contributed by atoms with van der Waals surface area (Å²) in [5.41, 5.74) is 4.55. The number of piperidine rings is 2. The minimum atomic E-state index is -4.56. The normalized spacial score (nSPS) is 20.2. The molecule has 0 aliphatic carbocycles. The number of benzene rings is 3. The number of unbranched alkanes of at least 4 members (excludes halogenated alkanes) is 1. The number of alkyl halides is 3. The molecule has 1 N–H and O–H groups in total. The van der Waals surface area contributed by atoms with Gasteiger partial charge in [0.25, 0.3) is 5.91 Å². The standard InChI is InChI=1S/C40H43F3N6O3/c41-40(42,43)35-24-33(9-8-30(35)25-44)47-17-14-29(15-18-47)28-6-4-27(5-7-28)3-1-2-16-46-19-21-48(22-20-46)32-10-11-34-31(23-32)26-49(39(34)52)36-12-13-37(50)45-38(36)51/h4-11,23-24,29,36H,1-3,12-22,26H2,(H,45,50,51). The predicted molar refractivity (Wildman–Crippen MR) is 191 cm³/mol. The zero-order chi connectivity index (χ0) is 36.4. The minimum absolute atomic E-state index is 0.148. The van der Waals surface area contributed by atoms with E-state index >= 15 is 0 Å². The van der Waals surface area contributed by atoms with Crippen molar-refractivity contribution < 1.29 is 27.6 Å². The number of rotatable bonds is 9. The molecule has 1 unspecified atom stereocenters. The zero-order valence-electron chi connectivity index (χ0n) is 29.1. The minimum Gasteiger partial charge on any atom is -0.371 e. The summed E-state index contributed by atoms with van der Waals surface area (Å²) in [5, 5.41) is 11.5. The van der Waals surface area contributed by atoms with Crippen LogP contribution in [0.5, 0.6) is 0 Å². The number of nitrogens with one attached hydrogen (secondary N) is 1. The van der Waals surface area contributed by atoms with Crippen molar-refractivity contribution in [3.63, 3.8) is 0 Å². The second kappa shape index (κ2) is 15.0. The van der Waals surface area contributed by atoms with E-state index in [2.05, 4.69) is 45.4 Å². The van der Waals surface area contributed by atoms with Crippen LogP contribution in [-0.2, 0) is 28.7 Å². The molecule has 3 amide bonds. The predicted octanol–water partition coefficient (Wildman–Crippen LogP) is 5.87. The van der Waals surface area contributed by atoms with E-state index in [1.807, 2.05) is 17.0 Å². The second-order valence-corrected chi connectivity index (χ2v) is 14.4. The highest BCUT2D eigenvalue weighted by Gasteiger charge is 2.39. The Bertz CT molecular complexity index is 1860. The lowest BCUT2D eigenvalue weighted by Gasteiger charge is -2.36. The molecule has 3 aromatic rings. The summed E-state index contributed by atoms with van der Waals surface area (Å²) in [6, 6.07) is 19.8. The molecule has 3 aromatic carbocycles. The average molecular weight is 713 g/mol. The SMILES string of the molecule is N#Cc1ccc(N2CCC(c3ccc(CCCCN4CCN(c5ccc6c(c5)CN(C5CCC(=O)NC5=O)C6=O)CC4)cc3)CC2)cc1C(F)(F)F. The number of nitrogens with zero attached hydrogens (tertiary/aromatic N) is 5. The van der Waals surface area contributed by atoms with Gasteiger partial charge < -0.3 is 14.7 Å². The summed E-state index contributed by atoms with van der Waals surface area (Å²) < 4.78 is 40.4. The quantitative estimate of drug-likeness (QED) is 0.219. The Morgan fingerprint density at radius 2 is 1.50 bits per heavy atom. The first kappa shape index (κ1) is 35.5. The molecule has 52 heavy (non-hydrogen) atoms. The highest BCUT2D eigenvalue weighted by molar-refractivity contribution is 6.05. The number of amides is 3. The Balaban J connectivity index is 0.821. The maximum absolute atomic E-state index is 13.5. The van der Waals surface area contributed by atoms with Crippen LogP contribution >= 0.6 is 0 Å². The van der Waals surface area contributed by atoms with E-state index in [-0.39, 0.29) is 23.8 Å². The number of nitriles is 1. The van der Waals surface area contributed by atoms with Crippen molar-refractivity contribution in [1.29, 1.82) is 5.26 Å². The van der Waals surface area contributed by atoms with Crippen molar-refractivity contribution in [2.24, 2.45) is 0 Å². The van der Waals surface area contributed by atoms with Crippen molar-refractivity contribution in [2.45, 2.75) is 69.6 Å². The Morgan fingerprint density at radius 1 is 0.808 bits per heavy atom. The van der Waals surface area contributed by atoms with Gasteiger partial charge in [0.05, 0.1) is 17.2 Å². The third kappa shape index (κ3) is 7.65. The van der Waals surface area contributed by atoms with Crippen LogP contribution in [-0.4, -0.2) is 79.4 Å². The topological polar surface area (TPSA) is 100.0 Å². The molecule has 3 fully saturated rings. The van der Waals surface area contributed by atoms with Crippen molar-refractivity contribution in [3.8, 4) is 6.07 Å². The van der Waals surface area contributed by atoms with Crippen LogP contribution in [0.4, 0.5) is 24.5 Å². The van der Waals surface area contributed by atoms with E-state index in [1.165, 1.54) is 17.2 Å². The number of aryl methyl sites for hydroxylation is 1. The third-order valence-electron chi connectivity index (χ3n) is 11.2. The Hall–Kier alpha value is -4.89. The van der Waals surface area contributed by atoms with Gasteiger partial charge in [-0.2, -0.15) is 18.4 Å². The number of hydrogen-bond donors (Lipinski definition) is 1. The van der Waals surface area contributed by atoms with E-state index < -0.39 is 23.7 Å². The van der Waals surface area contributed by atoms with Gasteiger partial charge in [0.15, 0.2) is 0 Å². The van der Waals surface area contributed by atoms with Crippen molar-refractivity contribution in [1.82, 2.24) is 15.1 Å². The molecule has 3 saturated heterocycles. The van der Waals surface area contributed by atoms with Gasteiger partial charge in [-0.05, 0) is 104 Å². The third-order valence-corrected chi connectivity index (χ3v) is 11.2. The Kier molecular flexibility index (Phi) is 10.2. The largest absolute Gasteiger partial charge is 0.417 e. The number of imide groups is 1. The van der Waals surface area contributed by atoms with Gasteiger partial charge in [0, 0.05) is 69.2 Å². The highest BCUT2D eigenvalue weighted by atomic mass is 19.4. The molecule has 4 heterocycles. The monoisotopic (exact) mass is 712 g/mol. The van der Waals surface area contributed by atoms with Gasteiger partial charge >= 0.3 is 6.18 Å². The molecule has 9 nitrogen and oxygen atoms in total. The summed E-state index contributed by atoms with van der Waals surface area (Å²) in [4.78, 5) is 45.4. The number of fused-ring (bicyclic) bond motifs is 1. The number of carbonyl (C=O) groups excluding carboxylic acids is 3. The summed E-state index contributed by atoms with van der Waals surface area (Å²) in [6.45, 7) is 6.54. The van der Waals surface area contributed by atoms with Crippen LogP contribution in [0, 0.1) is 11.3 Å². The molecule has 7 rings (SSSR count). The van der Waals surface area contributed by atoms with Gasteiger partial charge in [-0.1, -0.05) is 24.3 Å². The fourth-order valence-electron chi connectivity index (χ4n) is 8.14. The Morgan fingerprint density at radius 3 is 2.19 bits per heavy atom. The average Bonchev–Trinajstić information content (AvgIpc) is 3.48. The lowest BCUT2D eigenvalue weighted by molar-refractivity contribution is -0.138. The van der Waals surface area contributed by atoms with E-state index in [9.17, 15) is 27.6 Å². The molecule has 0 bridgehead atoms. The lowest BCUT2D eigenvalue weighted by Crippen LogP contribution is -2.52. The van der Waals surface area contributed by atoms with Crippen molar-refractivity contribution >= 4 is 29.1 Å². The summed E-state index contributed by atoms with van der Waals surface area (Å²) in [6.07, 6.45) is 1.01. The van der Waals surface area contributed by atoms with Crippen LogP contribution in [0.3, 0.4) is 0 Å². The number of piperazine rings is 1. The zero-order valence-corrected chi connectivity index (χ0v) is 29.1. The first-order valence-corrected chi connectivity index (χ1v) is 18.3. The maximum atomic E-state index is 13.5. The summed E-state index contributed by atoms with van der Waals surface area (Å²) >= 11 is 0. The maximum Gasteiger partial charge on any atom is 0.417 e. The number of anilines is 2. The number of halogens is 3.